The van der Waals surface area contributed by atoms with Crippen LogP contribution in [0.5, 0.6) is 5.75 Å². The molecule has 3 nitrogen and oxygen atoms in total. The van der Waals surface area contributed by atoms with E-state index in [2.05, 4.69) is 14.1 Å². The third-order valence-electron chi connectivity index (χ3n) is 1.77. The van der Waals surface area contributed by atoms with Gasteiger partial charge in [0.2, 0.25) is 0 Å². The Morgan fingerprint density at radius 3 is 2.57 bits per heavy atom. The van der Waals surface area contributed by atoms with Crippen LogP contribution in [0.1, 0.15) is 12.5 Å². The third kappa shape index (κ3) is 3.18. The van der Waals surface area contributed by atoms with Crippen molar-refractivity contribution in [3.8, 4) is 5.75 Å². The number of carbonyl (C=O) groups is 1. The second-order valence-corrected chi connectivity index (χ2v) is 3.59. The van der Waals surface area contributed by atoms with E-state index < -0.39 is 0 Å². The number of quaternary nitrogens is 1. The van der Waals surface area contributed by atoms with Crippen LogP contribution in [0.15, 0.2) is 24.3 Å². The van der Waals surface area contributed by atoms with Crippen molar-refractivity contribution < 1.29 is 14.4 Å². The highest BCUT2D eigenvalue weighted by Gasteiger charge is 2.07. The molecule has 0 bridgehead atoms. The summed E-state index contributed by atoms with van der Waals surface area (Å²) < 4.78 is 5.09. The van der Waals surface area contributed by atoms with Crippen molar-refractivity contribution in [3.63, 3.8) is 0 Å². The highest BCUT2D eigenvalue weighted by atomic mass is 16.5. The van der Waals surface area contributed by atoms with E-state index in [1.54, 1.807) is 0 Å². The van der Waals surface area contributed by atoms with Gasteiger partial charge in [0.1, 0.15) is 12.3 Å². The molecule has 0 atom stereocenters. The second kappa shape index (κ2) is 4.77. The Hall–Kier alpha value is -1.35. The van der Waals surface area contributed by atoms with E-state index in [9.17, 15) is 4.79 Å². The first kappa shape index (κ1) is 10.7. The molecule has 14 heavy (non-hydrogen) atoms. The van der Waals surface area contributed by atoms with Crippen LogP contribution in [0.3, 0.4) is 0 Å². The highest BCUT2D eigenvalue weighted by molar-refractivity contribution is 5.69. The van der Waals surface area contributed by atoms with Gasteiger partial charge in [-0.15, -0.1) is 0 Å². The van der Waals surface area contributed by atoms with Gasteiger partial charge < -0.3 is 9.64 Å². The first-order valence-electron chi connectivity index (χ1n) is 4.65. The largest absolute Gasteiger partial charge is 0.426 e. The molecule has 1 aromatic carbocycles. The highest BCUT2D eigenvalue weighted by Crippen LogP contribution is 2.16. The van der Waals surface area contributed by atoms with Crippen LogP contribution in [0.25, 0.3) is 0 Å². The predicted molar refractivity (Wildman–Crippen MR) is 54.3 cm³/mol. The topological polar surface area (TPSA) is 30.7 Å². The van der Waals surface area contributed by atoms with Gasteiger partial charge in [-0.05, 0) is 12.1 Å². The van der Waals surface area contributed by atoms with Crippen LogP contribution < -0.4 is 9.64 Å². The molecule has 0 aromatic heterocycles. The first-order chi connectivity index (χ1) is 6.59. The van der Waals surface area contributed by atoms with E-state index in [1.807, 2.05) is 24.3 Å². The summed E-state index contributed by atoms with van der Waals surface area (Å²) in [7, 11) is 4.12. The van der Waals surface area contributed by atoms with E-state index in [-0.39, 0.29) is 5.97 Å². The minimum Gasteiger partial charge on any atom is -0.426 e. The van der Waals surface area contributed by atoms with Gasteiger partial charge in [-0.25, -0.2) is 0 Å². The van der Waals surface area contributed by atoms with Crippen LogP contribution in [-0.4, -0.2) is 20.1 Å². The Labute approximate surface area is 84.3 Å². The molecule has 0 amide bonds. The first-order valence-corrected chi connectivity index (χ1v) is 4.65. The molecule has 1 aromatic rings. The average Bonchev–Trinajstić information content (AvgIpc) is 2.06. The Balaban J connectivity index is 2.85. The van der Waals surface area contributed by atoms with Gasteiger partial charge in [-0.2, -0.15) is 0 Å². The van der Waals surface area contributed by atoms with Crippen LogP contribution >= 0.6 is 0 Å². The normalized spacial score (nSPS) is 10.3. The number of ether oxygens (including phenoxy) is 1. The Bertz CT molecular complexity index is 321. The molecule has 1 rings (SSSR count). The SMILES string of the molecule is CC(=O)Oc1ccccc1C[NH+](C)C. The van der Waals surface area contributed by atoms with Crippen LogP contribution in [-0.2, 0) is 11.3 Å². The summed E-state index contributed by atoms with van der Waals surface area (Å²) in [5, 5.41) is 0. The number of para-hydroxylation sites is 1. The number of esters is 1. The fourth-order valence-corrected chi connectivity index (χ4v) is 1.29. The molecule has 0 fully saturated rings. The van der Waals surface area contributed by atoms with Gasteiger partial charge in [-0.3, -0.25) is 4.79 Å². The van der Waals surface area contributed by atoms with Gasteiger partial charge in [-0.1, -0.05) is 12.1 Å². The Morgan fingerprint density at radius 2 is 2.00 bits per heavy atom. The summed E-state index contributed by atoms with van der Waals surface area (Å²) in [4.78, 5) is 12.1. The van der Waals surface area contributed by atoms with Crippen LogP contribution in [0.2, 0.25) is 0 Å². The zero-order valence-electron chi connectivity index (χ0n) is 8.83. The zero-order chi connectivity index (χ0) is 10.6. The maximum absolute atomic E-state index is 10.8. The molecule has 0 spiro atoms. The van der Waals surface area contributed by atoms with Crippen LogP contribution in [0.4, 0.5) is 0 Å². The molecule has 0 radical (unpaired) electrons. The van der Waals surface area contributed by atoms with Crippen molar-refractivity contribution in [2.75, 3.05) is 14.1 Å². The Morgan fingerprint density at radius 1 is 1.36 bits per heavy atom. The number of benzene rings is 1. The summed E-state index contributed by atoms with van der Waals surface area (Å²) in [5.41, 5.74) is 1.06. The zero-order valence-corrected chi connectivity index (χ0v) is 8.83. The van der Waals surface area contributed by atoms with Gasteiger partial charge in [0.15, 0.2) is 0 Å². The van der Waals surface area contributed by atoms with Gasteiger partial charge in [0.25, 0.3) is 0 Å². The van der Waals surface area contributed by atoms with Crippen molar-refractivity contribution in [2.45, 2.75) is 13.5 Å². The predicted octanol–water partition coefficient (Wildman–Crippen LogP) is 0.256. The van der Waals surface area contributed by atoms with Crippen LogP contribution in [0, 0.1) is 0 Å². The number of hydrogen-bond donors (Lipinski definition) is 1. The van der Waals surface area contributed by atoms with E-state index in [0.717, 1.165) is 12.1 Å². The molecule has 1 N–H and O–H groups in total. The summed E-state index contributed by atoms with van der Waals surface area (Å²) >= 11 is 0. The quantitative estimate of drug-likeness (QED) is 0.552. The van der Waals surface area contributed by atoms with E-state index in [4.69, 9.17) is 4.74 Å². The summed E-state index contributed by atoms with van der Waals surface area (Å²) in [6.45, 7) is 2.27. The molecule has 0 aliphatic carbocycles. The lowest BCUT2D eigenvalue weighted by molar-refractivity contribution is -0.872. The Kier molecular flexibility index (Phi) is 3.65. The molecule has 0 heterocycles. The van der Waals surface area contributed by atoms with Crippen molar-refractivity contribution in [1.29, 1.82) is 0 Å². The monoisotopic (exact) mass is 194 g/mol. The lowest BCUT2D eigenvalue weighted by Gasteiger charge is -2.10. The fourth-order valence-electron chi connectivity index (χ4n) is 1.29. The molecule has 0 saturated heterocycles. The van der Waals surface area contributed by atoms with Gasteiger partial charge in [0, 0.05) is 12.5 Å². The average molecular weight is 194 g/mol. The number of nitrogens with one attached hydrogen (secondary N) is 1. The second-order valence-electron chi connectivity index (χ2n) is 3.59. The van der Waals surface area contributed by atoms with Crippen molar-refractivity contribution in [2.24, 2.45) is 0 Å². The van der Waals surface area contributed by atoms with E-state index in [1.165, 1.54) is 11.8 Å². The molecule has 0 unspecified atom stereocenters. The lowest BCUT2D eigenvalue weighted by atomic mass is 10.2. The standard InChI is InChI=1S/C11H15NO2/c1-9(13)14-11-7-5-4-6-10(11)8-12(2)3/h4-7H,8H2,1-3H3/p+1. The fraction of sp³-hybridized carbons (Fsp3) is 0.364. The molecular weight excluding hydrogens is 178 g/mol. The maximum Gasteiger partial charge on any atom is 0.308 e. The van der Waals surface area contributed by atoms with Crippen molar-refractivity contribution >= 4 is 5.97 Å². The van der Waals surface area contributed by atoms with E-state index in [0.29, 0.717) is 5.75 Å². The molecule has 0 saturated carbocycles. The van der Waals surface area contributed by atoms with E-state index >= 15 is 0 Å². The summed E-state index contributed by atoms with van der Waals surface area (Å²) in [6, 6.07) is 7.61. The minimum atomic E-state index is -0.272. The molecule has 0 aliphatic rings. The molecule has 76 valence electrons. The van der Waals surface area contributed by atoms with Gasteiger partial charge >= 0.3 is 5.97 Å². The maximum atomic E-state index is 10.8. The summed E-state index contributed by atoms with van der Waals surface area (Å²) in [5.74, 6) is 0.396. The number of carbonyl (C=O) groups excluding carboxylic acids is 1. The van der Waals surface area contributed by atoms with Gasteiger partial charge in [0.05, 0.1) is 14.1 Å². The summed E-state index contributed by atoms with van der Waals surface area (Å²) in [6.07, 6.45) is 0. The van der Waals surface area contributed by atoms with Crippen molar-refractivity contribution in [3.05, 3.63) is 29.8 Å². The number of hydrogen-bond acceptors (Lipinski definition) is 2. The lowest BCUT2D eigenvalue weighted by Crippen LogP contribution is -3.04. The number of rotatable bonds is 3. The molecule has 3 heteroatoms. The minimum absolute atomic E-state index is 0.272. The third-order valence-corrected chi connectivity index (χ3v) is 1.77. The van der Waals surface area contributed by atoms with Crippen molar-refractivity contribution in [1.82, 2.24) is 0 Å². The smallest absolute Gasteiger partial charge is 0.308 e. The molecule has 0 aliphatic heterocycles. The molecular formula is C11H16NO2+.